The van der Waals surface area contributed by atoms with Crippen molar-refractivity contribution < 1.29 is 4.92 Å². The van der Waals surface area contributed by atoms with Crippen LogP contribution in [0, 0.1) is 10.1 Å². The minimum absolute atomic E-state index is 0.144. The molecule has 1 heterocycles. The number of aromatic nitrogens is 2. The van der Waals surface area contributed by atoms with Gasteiger partial charge in [0.2, 0.25) is 0 Å². The normalized spacial score (nSPS) is 16.9. The molecule has 6 nitrogen and oxygen atoms in total. The summed E-state index contributed by atoms with van der Waals surface area (Å²) in [6, 6.07) is 9.00. The lowest BCUT2D eigenvalue weighted by Crippen LogP contribution is -2.27. The predicted octanol–water partition coefficient (Wildman–Crippen LogP) is 4.08. The number of benzene rings is 1. The fraction of sp³-hybridized carbons (Fsp3) is 0.412. The number of anilines is 1. The van der Waals surface area contributed by atoms with Gasteiger partial charge in [0.1, 0.15) is 16.8 Å². The number of hydrogen-bond donors (Lipinski definition) is 0. The molecule has 0 saturated heterocycles. The highest BCUT2D eigenvalue weighted by atomic mass is 35.5. The standard InChI is InChI=1S/C17H17ClN4O2/c18-15-9-16(20-17(19-15)11-5-6-11)21(13-7-8-13)10-12-3-1-2-4-14(12)22(23)24/h1-4,9,11,13H,5-8,10H2. The van der Waals surface area contributed by atoms with Crippen molar-refractivity contribution in [3.63, 3.8) is 0 Å². The van der Waals surface area contributed by atoms with Crippen LogP contribution < -0.4 is 4.90 Å². The van der Waals surface area contributed by atoms with Crippen molar-refractivity contribution in [3.05, 3.63) is 57.0 Å². The second-order valence-corrected chi connectivity index (χ2v) is 6.81. The van der Waals surface area contributed by atoms with Gasteiger partial charge < -0.3 is 4.90 Å². The van der Waals surface area contributed by atoms with E-state index in [1.54, 1.807) is 24.3 Å². The van der Waals surface area contributed by atoms with Gasteiger partial charge in [-0.1, -0.05) is 29.8 Å². The molecule has 0 radical (unpaired) electrons. The number of nitro groups is 1. The van der Waals surface area contributed by atoms with E-state index in [2.05, 4.69) is 14.9 Å². The molecule has 0 N–H and O–H groups in total. The van der Waals surface area contributed by atoms with Crippen LogP contribution in [0.4, 0.5) is 11.5 Å². The van der Waals surface area contributed by atoms with E-state index in [0.29, 0.717) is 29.2 Å². The largest absolute Gasteiger partial charge is 0.349 e. The molecular formula is C17H17ClN4O2. The average Bonchev–Trinajstić information content (AvgIpc) is 3.45. The van der Waals surface area contributed by atoms with E-state index in [-0.39, 0.29) is 10.6 Å². The van der Waals surface area contributed by atoms with Crippen molar-refractivity contribution in [1.29, 1.82) is 0 Å². The highest BCUT2D eigenvalue weighted by Gasteiger charge is 2.33. The Morgan fingerprint density at radius 3 is 2.62 bits per heavy atom. The number of rotatable bonds is 6. The Morgan fingerprint density at radius 2 is 1.96 bits per heavy atom. The first-order valence-corrected chi connectivity index (χ1v) is 8.53. The van der Waals surface area contributed by atoms with E-state index in [0.717, 1.165) is 37.3 Å². The Bertz CT molecular complexity index is 790. The molecule has 0 spiro atoms. The Labute approximate surface area is 144 Å². The SMILES string of the molecule is O=[N+]([O-])c1ccccc1CN(c1cc(Cl)nc(C2CC2)n1)C1CC1. The molecule has 2 aromatic rings. The van der Waals surface area contributed by atoms with Crippen molar-refractivity contribution in [2.45, 2.75) is 44.2 Å². The zero-order valence-corrected chi connectivity index (χ0v) is 13.8. The summed E-state index contributed by atoms with van der Waals surface area (Å²) in [6.07, 6.45) is 4.35. The van der Waals surface area contributed by atoms with Gasteiger partial charge in [-0.05, 0) is 25.7 Å². The number of halogens is 1. The van der Waals surface area contributed by atoms with Gasteiger partial charge in [-0.25, -0.2) is 9.97 Å². The molecule has 24 heavy (non-hydrogen) atoms. The monoisotopic (exact) mass is 344 g/mol. The zero-order chi connectivity index (χ0) is 16.7. The van der Waals surface area contributed by atoms with Crippen molar-refractivity contribution in [3.8, 4) is 0 Å². The van der Waals surface area contributed by atoms with Gasteiger partial charge in [0.15, 0.2) is 0 Å². The Morgan fingerprint density at radius 1 is 1.21 bits per heavy atom. The summed E-state index contributed by atoms with van der Waals surface area (Å²) in [5, 5.41) is 11.7. The lowest BCUT2D eigenvalue weighted by Gasteiger charge is -2.24. The average molecular weight is 345 g/mol. The van der Waals surface area contributed by atoms with Gasteiger partial charge in [0, 0.05) is 29.7 Å². The molecule has 2 fully saturated rings. The molecule has 4 rings (SSSR count). The first-order chi connectivity index (χ1) is 11.6. The van der Waals surface area contributed by atoms with E-state index >= 15 is 0 Å². The number of nitrogens with zero attached hydrogens (tertiary/aromatic N) is 4. The van der Waals surface area contributed by atoms with Crippen LogP contribution in [-0.2, 0) is 6.54 Å². The summed E-state index contributed by atoms with van der Waals surface area (Å²) >= 11 is 6.19. The molecular weight excluding hydrogens is 328 g/mol. The topological polar surface area (TPSA) is 72.2 Å². The van der Waals surface area contributed by atoms with Crippen LogP contribution in [-0.4, -0.2) is 20.9 Å². The molecule has 0 bridgehead atoms. The Kier molecular flexibility index (Phi) is 3.84. The number of para-hydroxylation sites is 1. The lowest BCUT2D eigenvalue weighted by molar-refractivity contribution is -0.385. The van der Waals surface area contributed by atoms with E-state index in [9.17, 15) is 10.1 Å². The highest BCUT2D eigenvalue weighted by Crippen LogP contribution is 2.40. The van der Waals surface area contributed by atoms with Gasteiger partial charge in [-0.15, -0.1) is 0 Å². The van der Waals surface area contributed by atoms with Crippen molar-refractivity contribution in [2.75, 3.05) is 4.90 Å². The summed E-state index contributed by atoms with van der Waals surface area (Å²) in [6.45, 7) is 0.458. The van der Waals surface area contributed by atoms with Crippen molar-refractivity contribution in [2.24, 2.45) is 0 Å². The third-order valence-electron chi connectivity index (χ3n) is 4.45. The van der Waals surface area contributed by atoms with Gasteiger partial charge in [0.05, 0.1) is 11.5 Å². The maximum Gasteiger partial charge on any atom is 0.274 e. The molecule has 7 heteroatoms. The zero-order valence-electron chi connectivity index (χ0n) is 13.1. The van der Waals surface area contributed by atoms with Crippen LogP contribution in [0.3, 0.4) is 0 Å². The maximum absolute atomic E-state index is 11.3. The van der Waals surface area contributed by atoms with Crippen LogP contribution in [0.1, 0.15) is 43.0 Å². The first-order valence-electron chi connectivity index (χ1n) is 8.15. The number of nitro benzene ring substituents is 1. The van der Waals surface area contributed by atoms with E-state index < -0.39 is 0 Å². The van der Waals surface area contributed by atoms with Crippen LogP contribution >= 0.6 is 11.6 Å². The summed E-state index contributed by atoms with van der Waals surface area (Å²) in [7, 11) is 0. The molecule has 1 aromatic heterocycles. The minimum Gasteiger partial charge on any atom is -0.349 e. The molecule has 0 unspecified atom stereocenters. The fourth-order valence-electron chi connectivity index (χ4n) is 2.88. The van der Waals surface area contributed by atoms with E-state index in [4.69, 9.17) is 11.6 Å². The molecule has 124 valence electrons. The minimum atomic E-state index is -0.330. The third kappa shape index (κ3) is 3.19. The van der Waals surface area contributed by atoms with Crippen LogP contribution in [0.5, 0.6) is 0 Å². The maximum atomic E-state index is 11.3. The van der Waals surface area contributed by atoms with Gasteiger partial charge in [-0.2, -0.15) is 0 Å². The van der Waals surface area contributed by atoms with Crippen molar-refractivity contribution in [1.82, 2.24) is 9.97 Å². The number of hydrogen-bond acceptors (Lipinski definition) is 5. The van der Waals surface area contributed by atoms with Gasteiger partial charge in [0.25, 0.3) is 5.69 Å². The van der Waals surface area contributed by atoms with Gasteiger partial charge in [-0.3, -0.25) is 10.1 Å². The predicted molar refractivity (Wildman–Crippen MR) is 91.3 cm³/mol. The smallest absolute Gasteiger partial charge is 0.274 e. The molecule has 0 amide bonds. The molecule has 1 aromatic carbocycles. The lowest BCUT2D eigenvalue weighted by atomic mass is 10.1. The second kappa shape index (κ2) is 6.02. The summed E-state index contributed by atoms with van der Waals surface area (Å²) in [4.78, 5) is 22.1. The quantitative estimate of drug-likeness (QED) is 0.448. The van der Waals surface area contributed by atoms with Gasteiger partial charge >= 0.3 is 0 Å². The Hall–Kier alpha value is -2.21. The second-order valence-electron chi connectivity index (χ2n) is 6.43. The molecule has 2 aliphatic rings. The summed E-state index contributed by atoms with van der Waals surface area (Å²) in [5.74, 6) is 1.98. The van der Waals surface area contributed by atoms with Crippen molar-refractivity contribution >= 4 is 23.1 Å². The van der Waals surface area contributed by atoms with E-state index in [1.165, 1.54) is 0 Å². The van der Waals surface area contributed by atoms with E-state index in [1.807, 2.05) is 6.07 Å². The summed E-state index contributed by atoms with van der Waals surface area (Å²) < 4.78 is 0. The summed E-state index contributed by atoms with van der Waals surface area (Å²) in [5.41, 5.74) is 0.836. The fourth-order valence-corrected chi connectivity index (χ4v) is 3.07. The molecule has 2 saturated carbocycles. The first kappa shape index (κ1) is 15.3. The molecule has 0 atom stereocenters. The Balaban J connectivity index is 1.67. The third-order valence-corrected chi connectivity index (χ3v) is 4.65. The molecule has 2 aliphatic carbocycles. The van der Waals surface area contributed by atoms with Crippen LogP contribution in [0.15, 0.2) is 30.3 Å². The highest BCUT2D eigenvalue weighted by molar-refractivity contribution is 6.29. The molecule has 0 aliphatic heterocycles. The van der Waals surface area contributed by atoms with Crippen LogP contribution in [0.2, 0.25) is 5.15 Å². The van der Waals surface area contributed by atoms with Crippen LogP contribution in [0.25, 0.3) is 0 Å².